The van der Waals surface area contributed by atoms with Crippen molar-refractivity contribution in [2.24, 2.45) is 17.8 Å². The van der Waals surface area contributed by atoms with Crippen molar-refractivity contribution >= 4 is 0 Å². The standard InChI is InChI=1S/C28H36O/c1-3-21-4-8-23(9-5-21)25-12-16-27(17-13-25)28-18-14-26(15-19-28)24-10-6-22(7-11-24)20-29-2/h3,6-7,10-11,14-15,18-19,21,23,25,27H,1,4-5,8-9,12-13,16-17,20H2,2H3/t21-,23-,25?,27?. The molecule has 0 aromatic heterocycles. The number of ether oxygens (including phenoxy) is 1. The van der Waals surface area contributed by atoms with Gasteiger partial charge in [0, 0.05) is 7.11 Å². The highest BCUT2D eigenvalue weighted by Crippen LogP contribution is 2.44. The van der Waals surface area contributed by atoms with Crippen molar-refractivity contribution in [1.29, 1.82) is 0 Å². The summed E-state index contributed by atoms with van der Waals surface area (Å²) in [6.07, 6.45) is 13.4. The molecule has 0 atom stereocenters. The van der Waals surface area contributed by atoms with Crippen LogP contribution < -0.4 is 0 Å². The molecular formula is C28H36O. The van der Waals surface area contributed by atoms with Gasteiger partial charge in [0.2, 0.25) is 0 Å². The molecule has 0 spiro atoms. The lowest BCUT2D eigenvalue weighted by Gasteiger charge is -2.37. The zero-order valence-corrected chi connectivity index (χ0v) is 18.0. The molecule has 0 heterocycles. The van der Waals surface area contributed by atoms with E-state index in [1.807, 2.05) is 0 Å². The van der Waals surface area contributed by atoms with E-state index in [2.05, 4.69) is 61.2 Å². The van der Waals surface area contributed by atoms with Gasteiger partial charge in [-0.1, -0.05) is 54.6 Å². The molecule has 1 nitrogen and oxygen atoms in total. The van der Waals surface area contributed by atoms with Gasteiger partial charge in [-0.15, -0.1) is 6.58 Å². The first kappa shape index (κ1) is 20.4. The minimum Gasteiger partial charge on any atom is -0.380 e. The molecule has 2 fully saturated rings. The molecule has 2 aromatic rings. The molecule has 0 unspecified atom stereocenters. The Morgan fingerprint density at radius 3 is 1.79 bits per heavy atom. The highest BCUT2D eigenvalue weighted by molar-refractivity contribution is 5.64. The van der Waals surface area contributed by atoms with Crippen LogP contribution in [0.15, 0.2) is 61.2 Å². The van der Waals surface area contributed by atoms with Gasteiger partial charge in [-0.25, -0.2) is 0 Å². The van der Waals surface area contributed by atoms with Crippen LogP contribution in [0.3, 0.4) is 0 Å². The summed E-state index contributed by atoms with van der Waals surface area (Å²) in [6.45, 7) is 4.68. The van der Waals surface area contributed by atoms with Crippen LogP contribution in [-0.2, 0) is 11.3 Å². The van der Waals surface area contributed by atoms with Gasteiger partial charge in [0.05, 0.1) is 6.61 Å². The van der Waals surface area contributed by atoms with Crippen LogP contribution in [0.1, 0.15) is 68.4 Å². The quantitative estimate of drug-likeness (QED) is 0.459. The van der Waals surface area contributed by atoms with Crippen molar-refractivity contribution in [2.45, 2.75) is 63.9 Å². The Hall–Kier alpha value is -1.86. The molecule has 0 amide bonds. The van der Waals surface area contributed by atoms with Crippen LogP contribution in [0.2, 0.25) is 0 Å². The van der Waals surface area contributed by atoms with Crippen molar-refractivity contribution < 1.29 is 4.74 Å². The summed E-state index contributed by atoms with van der Waals surface area (Å²) in [4.78, 5) is 0. The van der Waals surface area contributed by atoms with E-state index in [4.69, 9.17) is 4.74 Å². The number of rotatable bonds is 6. The third-order valence-corrected chi connectivity index (χ3v) is 7.57. The van der Waals surface area contributed by atoms with Crippen molar-refractivity contribution in [2.75, 3.05) is 7.11 Å². The van der Waals surface area contributed by atoms with Crippen LogP contribution >= 0.6 is 0 Å². The first-order valence-corrected chi connectivity index (χ1v) is 11.6. The third-order valence-electron chi connectivity index (χ3n) is 7.57. The van der Waals surface area contributed by atoms with Gasteiger partial charge in [-0.3, -0.25) is 0 Å². The van der Waals surface area contributed by atoms with E-state index < -0.39 is 0 Å². The maximum atomic E-state index is 5.21. The lowest BCUT2D eigenvalue weighted by atomic mass is 9.68. The van der Waals surface area contributed by atoms with Crippen LogP contribution in [0.4, 0.5) is 0 Å². The lowest BCUT2D eigenvalue weighted by molar-refractivity contribution is 0.171. The predicted molar refractivity (Wildman–Crippen MR) is 123 cm³/mol. The van der Waals surface area contributed by atoms with E-state index in [1.54, 1.807) is 12.7 Å². The molecule has 0 radical (unpaired) electrons. The number of allylic oxidation sites excluding steroid dienone is 1. The Balaban J connectivity index is 1.31. The van der Waals surface area contributed by atoms with Gasteiger partial charge in [0.1, 0.15) is 0 Å². The lowest BCUT2D eigenvalue weighted by Crippen LogP contribution is -2.25. The Morgan fingerprint density at radius 2 is 1.28 bits per heavy atom. The van der Waals surface area contributed by atoms with E-state index in [-0.39, 0.29) is 0 Å². The summed E-state index contributed by atoms with van der Waals surface area (Å²) in [7, 11) is 1.74. The maximum Gasteiger partial charge on any atom is 0.0713 e. The summed E-state index contributed by atoms with van der Waals surface area (Å²) >= 11 is 0. The summed E-state index contributed by atoms with van der Waals surface area (Å²) in [5.41, 5.74) is 5.36. The maximum absolute atomic E-state index is 5.21. The summed E-state index contributed by atoms with van der Waals surface area (Å²) < 4.78 is 5.21. The first-order valence-electron chi connectivity index (χ1n) is 11.6. The smallest absolute Gasteiger partial charge is 0.0713 e. The van der Waals surface area contributed by atoms with Crippen molar-refractivity contribution in [3.05, 3.63) is 72.3 Å². The Morgan fingerprint density at radius 1 is 0.759 bits per heavy atom. The summed E-state index contributed by atoms with van der Waals surface area (Å²) in [5, 5.41) is 0. The van der Waals surface area contributed by atoms with Gasteiger partial charge >= 0.3 is 0 Å². The Kier molecular flexibility index (Phi) is 6.87. The molecule has 2 aliphatic carbocycles. The van der Waals surface area contributed by atoms with E-state index in [0.29, 0.717) is 6.61 Å². The average Bonchev–Trinajstić information content (AvgIpc) is 2.80. The third kappa shape index (κ3) is 5.01. The number of methoxy groups -OCH3 is 1. The highest BCUT2D eigenvalue weighted by Gasteiger charge is 2.30. The second-order valence-electron chi connectivity index (χ2n) is 9.27. The van der Waals surface area contributed by atoms with Gasteiger partial charge in [-0.2, -0.15) is 0 Å². The zero-order chi connectivity index (χ0) is 20.1. The first-order chi connectivity index (χ1) is 14.3. The molecule has 1 heteroatoms. The van der Waals surface area contributed by atoms with Crippen LogP contribution in [0.25, 0.3) is 11.1 Å². The topological polar surface area (TPSA) is 9.23 Å². The van der Waals surface area contributed by atoms with Gasteiger partial charge in [-0.05, 0) is 97.3 Å². The molecule has 154 valence electrons. The fourth-order valence-electron chi connectivity index (χ4n) is 5.68. The van der Waals surface area contributed by atoms with Gasteiger partial charge < -0.3 is 4.74 Å². The van der Waals surface area contributed by atoms with Crippen LogP contribution in [-0.4, -0.2) is 7.11 Å². The van der Waals surface area contributed by atoms with E-state index in [0.717, 1.165) is 23.7 Å². The number of benzene rings is 2. The number of hydrogen-bond acceptors (Lipinski definition) is 1. The second kappa shape index (κ2) is 9.76. The molecule has 2 saturated carbocycles. The zero-order valence-electron chi connectivity index (χ0n) is 18.0. The molecule has 0 saturated heterocycles. The Bertz CT molecular complexity index is 757. The van der Waals surface area contributed by atoms with Gasteiger partial charge in [0.15, 0.2) is 0 Å². The fraction of sp³-hybridized carbons (Fsp3) is 0.500. The molecule has 29 heavy (non-hydrogen) atoms. The Labute approximate surface area is 177 Å². The summed E-state index contributed by atoms with van der Waals surface area (Å²) in [5.74, 6) is 3.50. The van der Waals surface area contributed by atoms with Gasteiger partial charge in [0.25, 0.3) is 0 Å². The molecular weight excluding hydrogens is 352 g/mol. The molecule has 4 rings (SSSR count). The van der Waals surface area contributed by atoms with Crippen molar-refractivity contribution in [1.82, 2.24) is 0 Å². The summed E-state index contributed by atoms with van der Waals surface area (Å²) in [6, 6.07) is 18.1. The van der Waals surface area contributed by atoms with Crippen LogP contribution in [0, 0.1) is 17.8 Å². The normalized spacial score (nSPS) is 27.5. The SMILES string of the molecule is C=C[C@H]1CC[C@H](C2CCC(c3ccc(-c4ccc(COC)cc4)cc3)CC2)CC1. The molecule has 2 aromatic carbocycles. The monoisotopic (exact) mass is 388 g/mol. The minimum atomic E-state index is 0.678. The molecule has 0 N–H and O–H groups in total. The van der Waals surface area contributed by atoms with E-state index >= 15 is 0 Å². The fourth-order valence-corrected chi connectivity index (χ4v) is 5.68. The minimum absolute atomic E-state index is 0.678. The van der Waals surface area contributed by atoms with E-state index in [1.165, 1.54) is 68.1 Å². The molecule has 0 bridgehead atoms. The van der Waals surface area contributed by atoms with Crippen molar-refractivity contribution in [3.8, 4) is 11.1 Å². The van der Waals surface area contributed by atoms with Crippen LogP contribution in [0.5, 0.6) is 0 Å². The largest absolute Gasteiger partial charge is 0.380 e. The molecule has 0 aliphatic heterocycles. The highest BCUT2D eigenvalue weighted by atomic mass is 16.5. The predicted octanol–water partition coefficient (Wildman–Crippen LogP) is 7.77. The van der Waals surface area contributed by atoms with E-state index in [9.17, 15) is 0 Å². The number of hydrogen-bond donors (Lipinski definition) is 0. The average molecular weight is 389 g/mol. The van der Waals surface area contributed by atoms with Crippen molar-refractivity contribution in [3.63, 3.8) is 0 Å². The molecule has 2 aliphatic rings. The second-order valence-corrected chi connectivity index (χ2v) is 9.27.